The van der Waals surface area contributed by atoms with Gasteiger partial charge in [0.05, 0.1) is 23.3 Å². The van der Waals surface area contributed by atoms with Crippen LogP contribution >= 0.6 is 0 Å². The average Bonchev–Trinajstić information content (AvgIpc) is 2.60. The standard InChI is InChI=1S/C20H20F3NO/c1-2-6-17(11-9-15-7-4-3-5-8-15)25-18-12-10-16(14-24)19(13-18)20(21,22)23/h3-5,7-8,10,12-13,17H,2,6,9,11H2,1H3. The number of alkyl halides is 3. The molecule has 0 N–H and O–H groups in total. The molecule has 25 heavy (non-hydrogen) atoms. The molecule has 0 bridgehead atoms. The van der Waals surface area contributed by atoms with Gasteiger partial charge in [-0.15, -0.1) is 0 Å². The second kappa shape index (κ2) is 8.57. The zero-order valence-corrected chi connectivity index (χ0v) is 14.0. The van der Waals surface area contributed by atoms with Crippen LogP contribution in [-0.4, -0.2) is 6.10 Å². The first kappa shape index (κ1) is 18.9. The highest BCUT2D eigenvalue weighted by Gasteiger charge is 2.34. The van der Waals surface area contributed by atoms with E-state index in [1.54, 1.807) is 6.07 Å². The predicted molar refractivity (Wildman–Crippen MR) is 90.2 cm³/mol. The average molecular weight is 347 g/mol. The molecule has 0 heterocycles. The SMILES string of the molecule is CCCC(CCc1ccccc1)Oc1ccc(C#N)c(C(F)(F)F)c1. The van der Waals surface area contributed by atoms with E-state index in [4.69, 9.17) is 10.00 Å². The van der Waals surface area contributed by atoms with Crippen molar-refractivity contribution in [2.75, 3.05) is 0 Å². The van der Waals surface area contributed by atoms with E-state index in [9.17, 15) is 13.2 Å². The van der Waals surface area contributed by atoms with Gasteiger partial charge in [-0.25, -0.2) is 0 Å². The molecule has 0 aliphatic rings. The first-order valence-corrected chi connectivity index (χ1v) is 8.26. The van der Waals surface area contributed by atoms with Crippen molar-refractivity contribution < 1.29 is 17.9 Å². The predicted octanol–water partition coefficient (Wildman–Crippen LogP) is 5.76. The zero-order valence-electron chi connectivity index (χ0n) is 14.0. The molecule has 0 aliphatic heterocycles. The molecule has 2 aromatic rings. The number of benzene rings is 2. The van der Waals surface area contributed by atoms with Crippen LogP contribution in [0.1, 0.15) is 42.9 Å². The van der Waals surface area contributed by atoms with Crippen molar-refractivity contribution >= 4 is 0 Å². The number of nitriles is 1. The molecule has 132 valence electrons. The fraction of sp³-hybridized carbons (Fsp3) is 0.350. The van der Waals surface area contributed by atoms with E-state index >= 15 is 0 Å². The Balaban J connectivity index is 2.12. The Morgan fingerprint density at radius 3 is 2.40 bits per heavy atom. The number of rotatable bonds is 7. The Labute approximate surface area is 145 Å². The van der Waals surface area contributed by atoms with Gasteiger partial charge in [0.25, 0.3) is 0 Å². The van der Waals surface area contributed by atoms with E-state index in [0.29, 0.717) is 0 Å². The summed E-state index contributed by atoms with van der Waals surface area (Å²) in [5.41, 5.74) is -0.176. The summed E-state index contributed by atoms with van der Waals surface area (Å²) in [5.74, 6) is 0.151. The van der Waals surface area contributed by atoms with Gasteiger partial charge in [-0.3, -0.25) is 0 Å². The zero-order chi connectivity index (χ0) is 18.3. The summed E-state index contributed by atoms with van der Waals surface area (Å²) in [4.78, 5) is 0. The minimum Gasteiger partial charge on any atom is -0.490 e. The maximum Gasteiger partial charge on any atom is 0.417 e. The number of hydrogen-bond acceptors (Lipinski definition) is 2. The largest absolute Gasteiger partial charge is 0.490 e. The number of nitrogens with zero attached hydrogens (tertiary/aromatic N) is 1. The van der Waals surface area contributed by atoms with Gasteiger partial charge in [-0.1, -0.05) is 43.7 Å². The van der Waals surface area contributed by atoms with Crippen LogP contribution in [0.15, 0.2) is 48.5 Å². The van der Waals surface area contributed by atoms with Crippen LogP contribution in [0.2, 0.25) is 0 Å². The van der Waals surface area contributed by atoms with Gasteiger partial charge in [0.15, 0.2) is 0 Å². The summed E-state index contributed by atoms with van der Waals surface area (Å²) < 4.78 is 45.0. The number of aryl methyl sites for hydroxylation is 1. The van der Waals surface area contributed by atoms with Crippen LogP contribution in [0.25, 0.3) is 0 Å². The van der Waals surface area contributed by atoms with Crippen molar-refractivity contribution in [3.05, 3.63) is 65.2 Å². The molecule has 0 saturated heterocycles. The summed E-state index contributed by atoms with van der Waals surface area (Å²) in [6.45, 7) is 2.01. The summed E-state index contributed by atoms with van der Waals surface area (Å²) in [6.07, 6.45) is -1.59. The summed E-state index contributed by atoms with van der Waals surface area (Å²) in [6, 6.07) is 15.0. The lowest BCUT2D eigenvalue weighted by atomic mass is 10.0. The van der Waals surface area contributed by atoms with Gasteiger partial charge in [-0.05, 0) is 43.0 Å². The molecular formula is C20H20F3NO. The summed E-state index contributed by atoms with van der Waals surface area (Å²) >= 11 is 0. The monoisotopic (exact) mass is 347 g/mol. The molecule has 0 aromatic heterocycles. The Kier molecular flexibility index (Phi) is 6.46. The molecule has 0 spiro atoms. The molecule has 0 amide bonds. The lowest BCUT2D eigenvalue weighted by Gasteiger charge is -2.20. The number of halogens is 3. The van der Waals surface area contributed by atoms with Crippen molar-refractivity contribution in [2.45, 2.75) is 44.9 Å². The van der Waals surface area contributed by atoms with E-state index < -0.39 is 17.3 Å². The number of hydrogen-bond donors (Lipinski definition) is 0. The first-order valence-electron chi connectivity index (χ1n) is 8.26. The second-order valence-electron chi connectivity index (χ2n) is 5.87. The smallest absolute Gasteiger partial charge is 0.417 e. The molecule has 0 aliphatic carbocycles. The Bertz CT molecular complexity index is 720. The quantitative estimate of drug-likeness (QED) is 0.638. The lowest BCUT2D eigenvalue weighted by Crippen LogP contribution is -2.18. The van der Waals surface area contributed by atoms with Crippen LogP contribution in [0, 0.1) is 11.3 Å². The summed E-state index contributed by atoms with van der Waals surface area (Å²) in [7, 11) is 0. The highest BCUT2D eigenvalue weighted by molar-refractivity contribution is 5.44. The highest BCUT2D eigenvalue weighted by Crippen LogP contribution is 2.34. The topological polar surface area (TPSA) is 33.0 Å². The van der Waals surface area contributed by atoms with Crippen LogP contribution in [0.4, 0.5) is 13.2 Å². The second-order valence-corrected chi connectivity index (χ2v) is 5.87. The molecule has 0 saturated carbocycles. The molecule has 1 unspecified atom stereocenters. The van der Waals surface area contributed by atoms with Gasteiger partial charge < -0.3 is 4.74 Å². The molecule has 0 radical (unpaired) electrons. The molecule has 2 aromatic carbocycles. The minimum atomic E-state index is -4.57. The van der Waals surface area contributed by atoms with Crippen molar-refractivity contribution in [3.63, 3.8) is 0 Å². The van der Waals surface area contributed by atoms with E-state index in [-0.39, 0.29) is 11.9 Å². The maximum atomic E-state index is 13.1. The molecule has 1 atom stereocenters. The van der Waals surface area contributed by atoms with Crippen molar-refractivity contribution in [1.29, 1.82) is 5.26 Å². The Morgan fingerprint density at radius 2 is 1.80 bits per heavy atom. The molecular weight excluding hydrogens is 327 g/mol. The van der Waals surface area contributed by atoms with Gasteiger partial charge in [0, 0.05) is 0 Å². The van der Waals surface area contributed by atoms with E-state index in [2.05, 4.69) is 0 Å². The van der Waals surface area contributed by atoms with Crippen molar-refractivity contribution in [2.24, 2.45) is 0 Å². The molecule has 2 nitrogen and oxygen atoms in total. The van der Waals surface area contributed by atoms with E-state index in [1.165, 1.54) is 17.7 Å². The highest BCUT2D eigenvalue weighted by atomic mass is 19.4. The van der Waals surface area contributed by atoms with Crippen LogP contribution in [0.3, 0.4) is 0 Å². The lowest BCUT2D eigenvalue weighted by molar-refractivity contribution is -0.137. The third-order valence-corrected chi connectivity index (χ3v) is 3.93. The maximum absolute atomic E-state index is 13.1. The first-order chi connectivity index (χ1) is 11.9. The third kappa shape index (κ3) is 5.53. The van der Waals surface area contributed by atoms with Crippen molar-refractivity contribution in [3.8, 4) is 11.8 Å². The van der Waals surface area contributed by atoms with Crippen LogP contribution < -0.4 is 4.74 Å². The minimum absolute atomic E-state index is 0.151. The third-order valence-electron chi connectivity index (χ3n) is 3.93. The fourth-order valence-electron chi connectivity index (χ4n) is 2.68. The van der Waals surface area contributed by atoms with Gasteiger partial charge in [0.2, 0.25) is 0 Å². The van der Waals surface area contributed by atoms with Gasteiger partial charge >= 0.3 is 6.18 Å². The van der Waals surface area contributed by atoms with Crippen LogP contribution in [0.5, 0.6) is 5.75 Å². The molecule has 2 rings (SSSR count). The van der Waals surface area contributed by atoms with Crippen LogP contribution in [-0.2, 0) is 12.6 Å². The normalized spacial score (nSPS) is 12.4. The van der Waals surface area contributed by atoms with Crippen molar-refractivity contribution in [1.82, 2.24) is 0 Å². The molecule has 0 fully saturated rings. The van der Waals surface area contributed by atoms with Gasteiger partial charge in [-0.2, -0.15) is 18.4 Å². The Hall–Kier alpha value is -2.48. The Morgan fingerprint density at radius 1 is 1.08 bits per heavy atom. The van der Waals surface area contributed by atoms with E-state index in [1.807, 2.05) is 37.3 Å². The number of ether oxygens (including phenoxy) is 1. The molecule has 5 heteroatoms. The fourth-order valence-corrected chi connectivity index (χ4v) is 2.68. The van der Waals surface area contributed by atoms with E-state index in [0.717, 1.165) is 31.7 Å². The summed E-state index contributed by atoms with van der Waals surface area (Å²) in [5, 5.41) is 8.86. The van der Waals surface area contributed by atoms with Gasteiger partial charge in [0.1, 0.15) is 5.75 Å².